The average Bonchev–Trinajstić information content (AvgIpc) is 2.18. The molecule has 0 N–H and O–H groups in total. The van der Waals surface area contributed by atoms with Crippen molar-refractivity contribution in [2.24, 2.45) is 5.92 Å². The third kappa shape index (κ3) is 3.16. The molecule has 13 heavy (non-hydrogen) atoms. The van der Waals surface area contributed by atoms with Crippen molar-refractivity contribution < 1.29 is 9.53 Å². The molecule has 0 aromatic heterocycles. The van der Waals surface area contributed by atoms with Crippen molar-refractivity contribution in [1.29, 1.82) is 0 Å². The van der Waals surface area contributed by atoms with Gasteiger partial charge in [-0.25, -0.2) is 0 Å². The Labute approximate surface area is 84.0 Å². The van der Waals surface area contributed by atoms with Gasteiger partial charge < -0.3 is 4.74 Å². The predicted octanol–water partition coefficient (Wildman–Crippen LogP) is 1.46. The Kier molecular flexibility index (Phi) is 4.53. The maximum absolute atomic E-state index is 11.3. The Balaban J connectivity index is 2.28. The van der Waals surface area contributed by atoms with Crippen LogP contribution < -0.4 is 0 Å². The molecular weight excluding hydrogens is 190 g/mol. The second-order valence-corrected chi connectivity index (χ2v) is 3.50. The molecular formula is C9H16ClNO2. The van der Waals surface area contributed by atoms with Crippen LogP contribution in [0.4, 0.5) is 0 Å². The number of nitrogens with zero attached hydrogens (tertiary/aromatic N) is 1. The zero-order valence-corrected chi connectivity index (χ0v) is 8.72. The number of rotatable bonds is 3. The van der Waals surface area contributed by atoms with Gasteiger partial charge in [-0.3, -0.25) is 9.69 Å². The number of piperidine rings is 1. The highest BCUT2D eigenvalue weighted by Gasteiger charge is 2.25. The predicted molar refractivity (Wildman–Crippen MR) is 51.7 cm³/mol. The van der Waals surface area contributed by atoms with Gasteiger partial charge in [0, 0.05) is 13.1 Å². The summed E-state index contributed by atoms with van der Waals surface area (Å²) in [6.07, 6.45) is 1.76. The Morgan fingerprint density at radius 2 is 2.15 bits per heavy atom. The van der Waals surface area contributed by atoms with Gasteiger partial charge in [-0.15, -0.1) is 11.6 Å². The van der Waals surface area contributed by atoms with Gasteiger partial charge in [-0.2, -0.15) is 0 Å². The van der Waals surface area contributed by atoms with Gasteiger partial charge in [-0.05, 0) is 19.8 Å². The lowest BCUT2D eigenvalue weighted by molar-refractivity contribution is -0.149. The number of esters is 1. The standard InChI is InChI=1S/C9H16ClNO2/c1-2-13-9(12)8-3-5-11(7-10)6-4-8/h8H,2-7H2,1H3. The first-order valence-electron chi connectivity index (χ1n) is 4.73. The smallest absolute Gasteiger partial charge is 0.309 e. The Bertz CT molecular complexity index is 167. The number of carbonyl (C=O) groups excluding carboxylic acids is 1. The fourth-order valence-electron chi connectivity index (χ4n) is 1.55. The van der Waals surface area contributed by atoms with Crippen LogP contribution in [0, 0.1) is 5.92 Å². The number of carbonyl (C=O) groups is 1. The maximum Gasteiger partial charge on any atom is 0.309 e. The average molecular weight is 206 g/mol. The van der Waals surface area contributed by atoms with Crippen LogP contribution >= 0.6 is 11.6 Å². The molecule has 76 valence electrons. The molecule has 0 amide bonds. The van der Waals surface area contributed by atoms with E-state index in [9.17, 15) is 4.79 Å². The SMILES string of the molecule is CCOC(=O)C1CCN(CCl)CC1. The van der Waals surface area contributed by atoms with Gasteiger partial charge in [-0.1, -0.05) is 0 Å². The number of halogens is 1. The topological polar surface area (TPSA) is 29.5 Å². The Morgan fingerprint density at radius 3 is 2.62 bits per heavy atom. The molecule has 0 unspecified atom stereocenters. The fourth-order valence-corrected chi connectivity index (χ4v) is 1.79. The monoisotopic (exact) mass is 205 g/mol. The molecule has 3 nitrogen and oxygen atoms in total. The summed E-state index contributed by atoms with van der Waals surface area (Å²) in [7, 11) is 0. The van der Waals surface area contributed by atoms with Crippen LogP contribution in [0.5, 0.6) is 0 Å². The van der Waals surface area contributed by atoms with Crippen LogP contribution in [0.25, 0.3) is 0 Å². The molecule has 1 aliphatic rings. The van der Waals surface area contributed by atoms with Crippen LogP contribution in [0.15, 0.2) is 0 Å². The van der Waals surface area contributed by atoms with Crippen LogP contribution in [0.1, 0.15) is 19.8 Å². The molecule has 1 rings (SSSR count). The van der Waals surface area contributed by atoms with Gasteiger partial charge in [0.2, 0.25) is 0 Å². The summed E-state index contributed by atoms with van der Waals surface area (Å²) in [5.41, 5.74) is 0. The molecule has 1 fully saturated rings. The van der Waals surface area contributed by atoms with Crippen molar-refractivity contribution in [3.8, 4) is 0 Å². The van der Waals surface area contributed by atoms with Gasteiger partial charge in [0.1, 0.15) is 0 Å². The van der Waals surface area contributed by atoms with Crippen LogP contribution in [-0.4, -0.2) is 36.6 Å². The van der Waals surface area contributed by atoms with E-state index in [0.717, 1.165) is 25.9 Å². The fraction of sp³-hybridized carbons (Fsp3) is 0.889. The first-order valence-corrected chi connectivity index (χ1v) is 5.26. The molecule has 0 aliphatic carbocycles. The summed E-state index contributed by atoms with van der Waals surface area (Å²) in [6.45, 7) is 4.14. The normalized spacial score (nSPS) is 20.2. The number of hydrogen-bond acceptors (Lipinski definition) is 3. The highest BCUT2D eigenvalue weighted by Crippen LogP contribution is 2.18. The van der Waals surface area contributed by atoms with Crippen LogP contribution in [0.3, 0.4) is 0 Å². The minimum absolute atomic E-state index is 0.0447. The van der Waals surface area contributed by atoms with E-state index in [0.29, 0.717) is 12.6 Å². The molecule has 4 heteroatoms. The van der Waals surface area contributed by atoms with E-state index >= 15 is 0 Å². The van der Waals surface area contributed by atoms with E-state index in [-0.39, 0.29) is 11.9 Å². The molecule has 1 aliphatic heterocycles. The van der Waals surface area contributed by atoms with Gasteiger partial charge in [0.25, 0.3) is 0 Å². The number of ether oxygens (including phenoxy) is 1. The second kappa shape index (κ2) is 5.45. The summed E-state index contributed by atoms with van der Waals surface area (Å²) in [5.74, 6) is 0.0520. The third-order valence-electron chi connectivity index (χ3n) is 2.38. The number of hydrogen-bond donors (Lipinski definition) is 0. The molecule has 0 aromatic carbocycles. The van der Waals surface area contributed by atoms with Crippen molar-refractivity contribution in [2.45, 2.75) is 19.8 Å². The van der Waals surface area contributed by atoms with E-state index in [4.69, 9.17) is 16.3 Å². The Morgan fingerprint density at radius 1 is 1.54 bits per heavy atom. The largest absolute Gasteiger partial charge is 0.466 e. The molecule has 0 spiro atoms. The van der Waals surface area contributed by atoms with Crippen molar-refractivity contribution >= 4 is 17.6 Å². The maximum atomic E-state index is 11.3. The minimum Gasteiger partial charge on any atom is -0.466 e. The first kappa shape index (κ1) is 10.8. The molecule has 0 aromatic rings. The van der Waals surface area contributed by atoms with E-state index < -0.39 is 0 Å². The number of likely N-dealkylation sites (tertiary alicyclic amines) is 1. The van der Waals surface area contributed by atoms with Gasteiger partial charge >= 0.3 is 5.97 Å². The zero-order valence-electron chi connectivity index (χ0n) is 7.96. The molecule has 0 bridgehead atoms. The minimum atomic E-state index is -0.0447. The lowest BCUT2D eigenvalue weighted by Crippen LogP contribution is -2.36. The lowest BCUT2D eigenvalue weighted by Gasteiger charge is -2.28. The van der Waals surface area contributed by atoms with E-state index in [1.54, 1.807) is 0 Å². The second-order valence-electron chi connectivity index (χ2n) is 3.26. The third-order valence-corrected chi connectivity index (χ3v) is 2.71. The molecule has 0 radical (unpaired) electrons. The summed E-state index contributed by atoms with van der Waals surface area (Å²) >= 11 is 5.68. The quantitative estimate of drug-likeness (QED) is 0.397. The van der Waals surface area contributed by atoms with Gasteiger partial charge in [0.05, 0.1) is 18.5 Å². The van der Waals surface area contributed by atoms with Crippen molar-refractivity contribution in [3.63, 3.8) is 0 Å². The Hall–Kier alpha value is -0.280. The van der Waals surface area contributed by atoms with Crippen molar-refractivity contribution in [1.82, 2.24) is 4.90 Å². The summed E-state index contributed by atoms with van der Waals surface area (Å²) < 4.78 is 4.96. The van der Waals surface area contributed by atoms with E-state index in [1.165, 1.54) is 0 Å². The summed E-state index contributed by atoms with van der Waals surface area (Å²) in [6, 6.07) is 0.565. The molecule has 1 heterocycles. The van der Waals surface area contributed by atoms with Gasteiger partial charge in [0.15, 0.2) is 0 Å². The van der Waals surface area contributed by atoms with Crippen molar-refractivity contribution in [2.75, 3.05) is 25.7 Å². The lowest BCUT2D eigenvalue weighted by atomic mass is 9.97. The molecule has 0 saturated carbocycles. The molecule has 1 saturated heterocycles. The van der Waals surface area contributed by atoms with Crippen molar-refractivity contribution in [3.05, 3.63) is 0 Å². The first-order chi connectivity index (χ1) is 6.27. The zero-order chi connectivity index (χ0) is 9.68. The summed E-state index contributed by atoms with van der Waals surface area (Å²) in [5, 5.41) is 0. The van der Waals surface area contributed by atoms with Crippen LogP contribution in [-0.2, 0) is 9.53 Å². The molecule has 0 atom stereocenters. The van der Waals surface area contributed by atoms with Crippen LogP contribution in [0.2, 0.25) is 0 Å². The number of alkyl halides is 1. The highest BCUT2D eigenvalue weighted by molar-refractivity contribution is 6.17. The highest BCUT2D eigenvalue weighted by atomic mass is 35.5. The van der Waals surface area contributed by atoms with E-state index in [1.807, 2.05) is 6.92 Å². The summed E-state index contributed by atoms with van der Waals surface area (Å²) in [4.78, 5) is 13.5. The van der Waals surface area contributed by atoms with E-state index in [2.05, 4.69) is 4.90 Å².